The molecule has 1 heterocycles. The van der Waals surface area contributed by atoms with E-state index in [9.17, 15) is 0 Å². The number of anilines is 1. The van der Waals surface area contributed by atoms with Gasteiger partial charge >= 0.3 is 0 Å². The number of aromatic nitrogens is 1. The molecule has 0 atom stereocenters. The lowest BCUT2D eigenvalue weighted by molar-refractivity contribution is 0.856. The molecule has 1 aromatic heterocycles. The monoisotopic (exact) mass is 225 g/mol. The van der Waals surface area contributed by atoms with E-state index < -0.39 is 0 Å². The van der Waals surface area contributed by atoms with Gasteiger partial charge in [0.05, 0.1) is 0 Å². The van der Waals surface area contributed by atoms with Crippen LogP contribution in [0.5, 0.6) is 0 Å². The van der Waals surface area contributed by atoms with Gasteiger partial charge in [-0.1, -0.05) is 18.2 Å². The van der Waals surface area contributed by atoms with E-state index in [1.807, 2.05) is 54.9 Å². The number of nitrogens with zero attached hydrogens (tertiary/aromatic N) is 2. The van der Waals surface area contributed by atoms with Crippen LogP contribution >= 0.6 is 0 Å². The first-order chi connectivity index (χ1) is 8.22. The Kier molecular flexibility index (Phi) is 3.15. The highest BCUT2D eigenvalue weighted by Gasteiger charge is 2.07. The van der Waals surface area contributed by atoms with E-state index in [2.05, 4.69) is 11.4 Å². The van der Waals surface area contributed by atoms with Crippen molar-refractivity contribution < 1.29 is 0 Å². The van der Waals surface area contributed by atoms with Gasteiger partial charge in [-0.25, -0.2) is 0 Å². The van der Waals surface area contributed by atoms with Gasteiger partial charge in [0.25, 0.3) is 0 Å². The molecule has 2 aromatic rings. The van der Waals surface area contributed by atoms with Gasteiger partial charge in [-0.3, -0.25) is 0 Å². The van der Waals surface area contributed by atoms with Gasteiger partial charge in [-0.05, 0) is 30.7 Å². The lowest BCUT2D eigenvalue weighted by Gasteiger charge is -2.06. The van der Waals surface area contributed by atoms with Gasteiger partial charge in [0.1, 0.15) is 11.8 Å². The van der Waals surface area contributed by atoms with Crippen molar-refractivity contribution >= 4 is 5.69 Å². The molecular formula is C14H15N3. The summed E-state index contributed by atoms with van der Waals surface area (Å²) in [6.45, 7) is 2.77. The average Bonchev–Trinajstić information content (AvgIpc) is 2.65. The van der Waals surface area contributed by atoms with Crippen LogP contribution in [-0.4, -0.2) is 4.57 Å². The number of para-hydroxylation sites is 1. The van der Waals surface area contributed by atoms with Crippen molar-refractivity contribution in [1.82, 2.24) is 4.57 Å². The van der Waals surface area contributed by atoms with Crippen molar-refractivity contribution in [3.8, 4) is 6.07 Å². The maximum atomic E-state index is 8.95. The second-order valence-corrected chi connectivity index (χ2v) is 4.03. The minimum Gasteiger partial charge on any atom is -0.381 e. The fourth-order valence-corrected chi connectivity index (χ4v) is 1.80. The van der Waals surface area contributed by atoms with Crippen LogP contribution in [0, 0.1) is 18.3 Å². The Morgan fingerprint density at radius 2 is 2.00 bits per heavy atom. The maximum Gasteiger partial charge on any atom is 0.120 e. The zero-order valence-corrected chi connectivity index (χ0v) is 10.1. The molecule has 3 nitrogen and oxygen atoms in total. The molecule has 2 rings (SSSR count). The summed E-state index contributed by atoms with van der Waals surface area (Å²) >= 11 is 0. The predicted octanol–water partition coefficient (Wildman–Crippen LogP) is 2.82. The van der Waals surface area contributed by atoms with Gasteiger partial charge in [0, 0.05) is 25.0 Å². The topological polar surface area (TPSA) is 40.8 Å². The third kappa shape index (κ3) is 2.31. The molecule has 0 spiro atoms. The summed E-state index contributed by atoms with van der Waals surface area (Å²) in [5.74, 6) is 0. The molecule has 0 saturated heterocycles. The molecule has 1 aromatic carbocycles. The fourth-order valence-electron chi connectivity index (χ4n) is 1.80. The highest BCUT2D eigenvalue weighted by atomic mass is 15.0. The molecule has 0 fully saturated rings. The van der Waals surface area contributed by atoms with Crippen molar-refractivity contribution in [2.45, 2.75) is 13.5 Å². The van der Waals surface area contributed by atoms with Gasteiger partial charge in [-0.2, -0.15) is 5.26 Å². The summed E-state index contributed by atoms with van der Waals surface area (Å²) in [4.78, 5) is 0. The molecule has 0 saturated carbocycles. The molecule has 1 N–H and O–H groups in total. The summed E-state index contributed by atoms with van der Waals surface area (Å²) in [7, 11) is 1.92. The van der Waals surface area contributed by atoms with Crippen molar-refractivity contribution in [3.63, 3.8) is 0 Å². The van der Waals surface area contributed by atoms with Gasteiger partial charge in [0.15, 0.2) is 0 Å². The fraction of sp³-hybridized carbons (Fsp3) is 0.214. The number of nitriles is 1. The van der Waals surface area contributed by atoms with E-state index >= 15 is 0 Å². The SMILES string of the molecule is Cc1c(CNc2ccccc2)cc(C#N)n1C. The van der Waals surface area contributed by atoms with Crippen LogP contribution in [0.2, 0.25) is 0 Å². The van der Waals surface area contributed by atoms with E-state index in [4.69, 9.17) is 5.26 Å². The van der Waals surface area contributed by atoms with Gasteiger partial charge in [0.2, 0.25) is 0 Å². The maximum absolute atomic E-state index is 8.95. The number of hydrogen-bond donors (Lipinski definition) is 1. The molecule has 0 aliphatic carbocycles. The normalized spacial score (nSPS) is 9.94. The Hall–Kier alpha value is -2.21. The van der Waals surface area contributed by atoms with Crippen LogP contribution < -0.4 is 5.32 Å². The zero-order chi connectivity index (χ0) is 12.3. The molecule has 86 valence electrons. The van der Waals surface area contributed by atoms with Crippen LogP contribution in [0.1, 0.15) is 17.0 Å². The molecule has 3 heteroatoms. The molecule has 0 bridgehead atoms. The average molecular weight is 225 g/mol. The van der Waals surface area contributed by atoms with Crippen LogP contribution in [0.4, 0.5) is 5.69 Å². The molecule has 0 unspecified atom stereocenters. The molecule has 0 amide bonds. The number of hydrogen-bond acceptors (Lipinski definition) is 2. The van der Waals surface area contributed by atoms with E-state index in [1.54, 1.807) is 0 Å². The smallest absolute Gasteiger partial charge is 0.120 e. The quantitative estimate of drug-likeness (QED) is 0.872. The summed E-state index contributed by atoms with van der Waals surface area (Å²) in [6, 6.07) is 14.2. The first-order valence-corrected chi connectivity index (χ1v) is 5.56. The second kappa shape index (κ2) is 4.75. The van der Waals surface area contributed by atoms with E-state index in [0.717, 1.165) is 23.5 Å². The molecule has 0 aliphatic rings. The third-order valence-corrected chi connectivity index (χ3v) is 3.01. The van der Waals surface area contributed by atoms with E-state index in [1.165, 1.54) is 0 Å². The Labute approximate surface area is 101 Å². The predicted molar refractivity (Wildman–Crippen MR) is 68.6 cm³/mol. The summed E-state index contributed by atoms with van der Waals surface area (Å²) < 4.78 is 1.92. The summed E-state index contributed by atoms with van der Waals surface area (Å²) in [6.07, 6.45) is 0. The highest BCUT2D eigenvalue weighted by Crippen LogP contribution is 2.15. The van der Waals surface area contributed by atoms with E-state index in [-0.39, 0.29) is 0 Å². The lowest BCUT2D eigenvalue weighted by atomic mass is 10.2. The largest absolute Gasteiger partial charge is 0.381 e. The van der Waals surface area contributed by atoms with Crippen LogP contribution in [0.25, 0.3) is 0 Å². The Balaban J connectivity index is 2.13. The summed E-state index contributed by atoms with van der Waals surface area (Å²) in [5, 5.41) is 12.3. The summed E-state index contributed by atoms with van der Waals surface area (Å²) in [5.41, 5.74) is 4.08. The molecule has 17 heavy (non-hydrogen) atoms. The van der Waals surface area contributed by atoms with Crippen LogP contribution in [0.15, 0.2) is 36.4 Å². The molecule has 0 radical (unpaired) electrons. The number of nitrogens with one attached hydrogen (secondary N) is 1. The molecule has 0 aliphatic heterocycles. The van der Waals surface area contributed by atoms with Crippen LogP contribution in [0.3, 0.4) is 0 Å². The standard InChI is InChI=1S/C14H15N3/c1-11-12(8-14(9-15)17(11)2)10-16-13-6-4-3-5-7-13/h3-8,16H,10H2,1-2H3. The Bertz CT molecular complexity index is 547. The first kappa shape index (κ1) is 11.3. The number of rotatable bonds is 3. The Morgan fingerprint density at radius 3 is 2.59 bits per heavy atom. The second-order valence-electron chi connectivity index (χ2n) is 4.03. The minimum absolute atomic E-state index is 0.701. The Morgan fingerprint density at radius 1 is 1.29 bits per heavy atom. The highest BCUT2D eigenvalue weighted by molar-refractivity contribution is 5.44. The van der Waals surface area contributed by atoms with Gasteiger partial charge in [-0.15, -0.1) is 0 Å². The number of benzene rings is 1. The van der Waals surface area contributed by atoms with Crippen molar-refractivity contribution in [3.05, 3.63) is 53.3 Å². The van der Waals surface area contributed by atoms with E-state index in [0.29, 0.717) is 5.69 Å². The van der Waals surface area contributed by atoms with Gasteiger partial charge < -0.3 is 9.88 Å². The van der Waals surface area contributed by atoms with Crippen molar-refractivity contribution in [2.75, 3.05) is 5.32 Å². The third-order valence-electron chi connectivity index (χ3n) is 3.01. The first-order valence-electron chi connectivity index (χ1n) is 5.56. The molecular weight excluding hydrogens is 210 g/mol. The van der Waals surface area contributed by atoms with Crippen LogP contribution in [-0.2, 0) is 13.6 Å². The lowest BCUT2D eigenvalue weighted by Crippen LogP contribution is -2.01. The zero-order valence-electron chi connectivity index (χ0n) is 10.1. The van der Waals surface area contributed by atoms with Crippen molar-refractivity contribution in [1.29, 1.82) is 5.26 Å². The van der Waals surface area contributed by atoms with Crippen molar-refractivity contribution in [2.24, 2.45) is 7.05 Å². The minimum atomic E-state index is 0.701.